The third kappa shape index (κ3) is 2.83. The molecule has 0 radical (unpaired) electrons. The number of hydrogen-bond donors (Lipinski definition) is 1. The molecule has 1 atom stereocenters. The van der Waals surface area contributed by atoms with E-state index in [2.05, 4.69) is 5.32 Å². The fourth-order valence-electron chi connectivity index (χ4n) is 2.04. The molecule has 20 heavy (non-hydrogen) atoms. The van der Waals surface area contributed by atoms with Gasteiger partial charge >= 0.3 is 0 Å². The molecule has 1 aromatic rings. The lowest BCUT2D eigenvalue weighted by Gasteiger charge is -2.29. The van der Waals surface area contributed by atoms with Crippen LogP contribution in [0, 0.1) is 11.6 Å². The van der Waals surface area contributed by atoms with Crippen molar-refractivity contribution >= 4 is 11.8 Å². The maximum atomic E-state index is 13.8. The number of carbonyl (C=O) groups is 2. The van der Waals surface area contributed by atoms with Crippen molar-refractivity contribution < 1.29 is 23.1 Å². The van der Waals surface area contributed by atoms with Crippen LogP contribution in [0.1, 0.15) is 11.6 Å². The molecule has 2 rings (SSSR count). The van der Waals surface area contributed by atoms with Gasteiger partial charge < -0.3 is 10.1 Å². The average Bonchev–Trinajstić information content (AvgIpc) is 2.42. The molecule has 0 aliphatic carbocycles. The van der Waals surface area contributed by atoms with Crippen molar-refractivity contribution in [3.05, 3.63) is 35.4 Å². The first-order valence-electron chi connectivity index (χ1n) is 6.06. The second-order valence-corrected chi connectivity index (χ2v) is 4.38. The van der Waals surface area contributed by atoms with E-state index >= 15 is 0 Å². The number of halogens is 2. The van der Waals surface area contributed by atoms with E-state index in [4.69, 9.17) is 4.74 Å². The summed E-state index contributed by atoms with van der Waals surface area (Å²) in [5.74, 6) is -2.93. The zero-order chi connectivity index (χ0) is 14.7. The van der Waals surface area contributed by atoms with E-state index in [1.165, 1.54) is 12.1 Å². The van der Waals surface area contributed by atoms with Crippen LogP contribution in [0.25, 0.3) is 0 Å². The van der Waals surface area contributed by atoms with Gasteiger partial charge in [-0.1, -0.05) is 12.1 Å². The SMILES string of the molecule is CNC(CN1C(=O)COCC1=O)c1cccc(F)c1F. The van der Waals surface area contributed by atoms with Crippen LogP contribution < -0.4 is 5.32 Å². The van der Waals surface area contributed by atoms with Crippen LogP contribution in [0.4, 0.5) is 8.78 Å². The molecule has 7 heteroatoms. The summed E-state index contributed by atoms with van der Waals surface area (Å²) >= 11 is 0. The van der Waals surface area contributed by atoms with E-state index in [1.807, 2.05) is 0 Å². The molecule has 1 heterocycles. The summed E-state index contributed by atoms with van der Waals surface area (Å²) < 4.78 is 31.8. The van der Waals surface area contributed by atoms with Crippen LogP contribution in [0.2, 0.25) is 0 Å². The van der Waals surface area contributed by atoms with Gasteiger partial charge in [-0.2, -0.15) is 0 Å². The Kier molecular flexibility index (Phi) is 4.41. The number of imide groups is 1. The molecule has 5 nitrogen and oxygen atoms in total. The normalized spacial score (nSPS) is 17.4. The fraction of sp³-hybridized carbons (Fsp3) is 0.385. The molecule has 1 N–H and O–H groups in total. The third-order valence-electron chi connectivity index (χ3n) is 3.12. The van der Waals surface area contributed by atoms with Crippen LogP contribution >= 0.6 is 0 Å². The minimum atomic E-state index is -0.986. The summed E-state index contributed by atoms with van der Waals surface area (Å²) in [7, 11) is 1.55. The van der Waals surface area contributed by atoms with E-state index in [0.29, 0.717) is 0 Å². The molecular weight excluding hydrogens is 270 g/mol. The zero-order valence-corrected chi connectivity index (χ0v) is 10.9. The summed E-state index contributed by atoms with van der Waals surface area (Å²) in [6.07, 6.45) is 0. The van der Waals surface area contributed by atoms with Crippen LogP contribution in [0.3, 0.4) is 0 Å². The van der Waals surface area contributed by atoms with Crippen molar-refractivity contribution in [2.24, 2.45) is 0 Å². The van der Waals surface area contributed by atoms with Crippen molar-refractivity contribution in [1.29, 1.82) is 0 Å². The smallest absolute Gasteiger partial charge is 0.255 e. The monoisotopic (exact) mass is 284 g/mol. The largest absolute Gasteiger partial charge is 0.362 e. The highest BCUT2D eigenvalue weighted by molar-refractivity contribution is 5.98. The van der Waals surface area contributed by atoms with Crippen LogP contribution in [-0.4, -0.2) is 43.5 Å². The number of ether oxygens (including phenoxy) is 1. The number of amides is 2. The molecular formula is C13H14F2N2O3. The number of morpholine rings is 1. The van der Waals surface area contributed by atoms with Gasteiger partial charge in [0.1, 0.15) is 13.2 Å². The summed E-state index contributed by atoms with van der Waals surface area (Å²) in [6.45, 7) is -0.445. The Bertz CT molecular complexity index is 520. The number of hydrogen-bond acceptors (Lipinski definition) is 4. The summed E-state index contributed by atoms with van der Waals surface area (Å²) in [6, 6.07) is 3.11. The summed E-state index contributed by atoms with van der Waals surface area (Å²) in [5, 5.41) is 2.78. The number of rotatable bonds is 4. The Morgan fingerprint density at radius 2 is 1.95 bits per heavy atom. The van der Waals surface area contributed by atoms with Gasteiger partial charge in [0, 0.05) is 12.1 Å². The van der Waals surface area contributed by atoms with Crippen LogP contribution in [0.15, 0.2) is 18.2 Å². The van der Waals surface area contributed by atoms with Crippen molar-refractivity contribution in [2.45, 2.75) is 6.04 Å². The van der Waals surface area contributed by atoms with Gasteiger partial charge in [-0.3, -0.25) is 14.5 Å². The maximum absolute atomic E-state index is 13.8. The quantitative estimate of drug-likeness (QED) is 0.823. The average molecular weight is 284 g/mol. The number of nitrogens with one attached hydrogen (secondary N) is 1. The topological polar surface area (TPSA) is 58.6 Å². The molecule has 108 valence electrons. The van der Waals surface area contributed by atoms with Crippen LogP contribution in [-0.2, 0) is 14.3 Å². The third-order valence-corrected chi connectivity index (χ3v) is 3.12. The summed E-state index contributed by atoms with van der Waals surface area (Å²) in [4.78, 5) is 24.2. The van der Waals surface area contributed by atoms with Gasteiger partial charge in [0.25, 0.3) is 11.8 Å². The zero-order valence-electron chi connectivity index (χ0n) is 10.9. The van der Waals surface area contributed by atoms with Crippen molar-refractivity contribution in [3.63, 3.8) is 0 Å². The first kappa shape index (κ1) is 14.5. The minimum absolute atomic E-state index is 0.0691. The molecule has 0 bridgehead atoms. The van der Waals surface area contributed by atoms with Crippen LogP contribution in [0.5, 0.6) is 0 Å². The van der Waals surface area contributed by atoms with Gasteiger partial charge in [0.05, 0.1) is 6.04 Å². The summed E-state index contributed by atoms with van der Waals surface area (Å²) in [5.41, 5.74) is 0.0691. The van der Waals surface area contributed by atoms with Gasteiger partial charge in [-0.05, 0) is 13.1 Å². The number of carbonyl (C=O) groups excluding carboxylic acids is 2. The molecule has 1 aromatic carbocycles. The maximum Gasteiger partial charge on any atom is 0.255 e. The van der Waals surface area contributed by atoms with E-state index in [9.17, 15) is 18.4 Å². The van der Waals surface area contributed by atoms with E-state index in [-0.39, 0.29) is 25.3 Å². The predicted octanol–water partition coefficient (Wildman–Crippen LogP) is 0.611. The van der Waals surface area contributed by atoms with E-state index in [0.717, 1.165) is 11.0 Å². The van der Waals surface area contributed by atoms with Gasteiger partial charge in [-0.25, -0.2) is 8.78 Å². The highest BCUT2D eigenvalue weighted by Crippen LogP contribution is 2.21. The molecule has 2 amide bonds. The molecule has 1 saturated heterocycles. The van der Waals surface area contributed by atoms with Crippen molar-refractivity contribution in [2.75, 3.05) is 26.8 Å². The lowest BCUT2D eigenvalue weighted by atomic mass is 10.1. The van der Waals surface area contributed by atoms with Gasteiger partial charge in [0.2, 0.25) is 0 Å². The number of likely N-dealkylation sites (N-methyl/N-ethyl adjacent to an activating group) is 1. The molecule has 1 unspecified atom stereocenters. The molecule has 0 spiro atoms. The molecule has 1 aliphatic rings. The highest BCUT2D eigenvalue weighted by Gasteiger charge is 2.30. The van der Waals surface area contributed by atoms with Crippen molar-refractivity contribution in [1.82, 2.24) is 10.2 Å². The Hall–Kier alpha value is -1.86. The Labute approximate surface area is 114 Å². The second-order valence-electron chi connectivity index (χ2n) is 4.38. The molecule has 0 aromatic heterocycles. The predicted molar refractivity (Wildman–Crippen MR) is 65.7 cm³/mol. The van der Waals surface area contributed by atoms with E-state index < -0.39 is 29.5 Å². The Morgan fingerprint density at radius 1 is 1.30 bits per heavy atom. The first-order valence-corrected chi connectivity index (χ1v) is 6.06. The standard InChI is InChI=1S/C13H14F2N2O3/c1-16-10(8-3-2-4-9(14)13(8)15)5-17-11(18)6-20-7-12(17)19/h2-4,10,16H,5-7H2,1H3. The lowest BCUT2D eigenvalue weighted by molar-refractivity contribution is -0.158. The Morgan fingerprint density at radius 3 is 2.55 bits per heavy atom. The fourth-order valence-corrected chi connectivity index (χ4v) is 2.04. The number of nitrogens with zero attached hydrogens (tertiary/aromatic N) is 1. The lowest BCUT2D eigenvalue weighted by Crippen LogP contribution is -2.49. The second kappa shape index (κ2) is 6.06. The molecule has 0 saturated carbocycles. The molecule has 1 aliphatic heterocycles. The highest BCUT2D eigenvalue weighted by atomic mass is 19.2. The molecule has 1 fully saturated rings. The van der Waals surface area contributed by atoms with E-state index in [1.54, 1.807) is 7.05 Å². The first-order chi connectivity index (χ1) is 9.54. The van der Waals surface area contributed by atoms with Gasteiger partial charge in [0.15, 0.2) is 11.6 Å². The van der Waals surface area contributed by atoms with Crippen molar-refractivity contribution in [3.8, 4) is 0 Å². The number of benzene rings is 1. The Balaban J connectivity index is 2.22. The van der Waals surface area contributed by atoms with Gasteiger partial charge in [-0.15, -0.1) is 0 Å². The minimum Gasteiger partial charge on any atom is -0.362 e.